The smallest absolute Gasteiger partial charge is 0.253 e. The summed E-state index contributed by atoms with van der Waals surface area (Å²) in [4.78, 5) is 18.7. The summed E-state index contributed by atoms with van der Waals surface area (Å²) >= 11 is 1.74. The van der Waals surface area contributed by atoms with Gasteiger partial charge in [0.25, 0.3) is 5.91 Å². The average Bonchev–Trinajstić information content (AvgIpc) is 2.94. The van der Waals surface area contributed by atoms with Crippen LogP contribution in [0.25, 0.3) is 0 Å². The number of nitrogens with zero attached hydrogens (tertiary/aromatic N) is 1. The molecule has 2 N–H and O–H groups in total. The minimum atomic E-state index is -0.0907. The fourth-order valence-corrected chi connectivity index (χ4v) is 2.69. The van der Waals surface area contributed by atoms with Gasteiger partial charge >= 0.3 is 0 Å². The Kier molecular flexibility index (Phi) is 5.12. The summed E-state index contributed by atoms with van der Waals surface area (Å²) in [5.41, 5.74) is 0.582. The van der Waals surface area contributed by atoms with Gasteiger partial charge in [-0.3, -0.25) is 4.79 Å². The third-order valence-electron chi connectivity index (χ3n) is 2.87. The molecule has 1 amide bonds. The first kappa shape index (κ1) is 14.5. The molecule has 2 rings (SSSR count). The molecule has 0 aliphatic heterocycles. The highest BCUT2D eigenvalue weighted by Crippen LogP contribution is 2.16. The van der Waals surface area contributed by atoms with Gasteiger partial charge in [-0.1, -0.05) is 6.92 Å². The van der Waals surface area contributed by atoms with E-state index in [-0.39, 0.29) is 5.91 Å². The van der Waals surface area contributed by atoms with Crippen molar-refractivity contribution >= 4 is 23.1 Å². The van der Waals surface area contributed by atoms with Gasteiger partial charge < -0.3 is 10.6 Å². The highest BCUT2D eigenvalue weighted by Gasteiger charge is 2.06. The van der Waals surface area contributed by atoms with Crippen LogP contribution in [0.1, 0.15) is 34.0 Å². The number of hydrogen-bond acceptors (Lipinski definition) is 4. The molecule has 0 radical (unpaired) electrons. The highest BCUT2D eigenvalue weighted by molar-refractivity contribution is 7.11. The SMILES string of the molecule is CCNc1ccc(C(=O)NCc2ccc(CC)s2)cn1. The van der Waals surface area contributed by atoms with Gasteiger partial charge in [0.1, 0.15) is 5.82 Å². The van der Waals surface area contributed by atoms with Crippen molar-refractivity contribution < 1.29 is 4.79 Å². The Hall–Kier alpha value is -1.88. The second-order valence-corrected chi connectivity index (χ2v) is 5.62. The van der Waals surface area contributed by atoms with Gasteiger partial charge in [0.15, 0.2) is 0 Å². The zero-order chi connectivity index (χ0) is 14.4. The molecule has 2 aromatic heterocycles. The van der Waals surface area contributed by atoms with Crippen molar-refractivity contribution in [1.29, 1.82) is 0 Å². The normalized spacial score (nSPS) is 10.3. The number of carbonyl (C=O) groups is 1. The second kappa shape index (κ2) is 7.05. The van der Waals surface area contributed by atoms with Crippen molar-refractivity contribution in [1.82, 2.24) is 10.3 Å². The average molecular weight is 289 g/mol. The molecule has 0 saturated heterocycles. The summed E-state index contributed by atoms with van der Waals surface area (Å²) < 4.78 is 0. The third kappa shape index (κ3) is 3.81. The van der Waals surface area contributed by atoms with Crippen LogP contribution in [0.4, 0.5) is 5.82 Å². The molecule has 0 bridgehead atoms. The number of aromatic nitrogens is 1. The standard InChI is InChI=1S/C15H19N3OS/c1-3-12-6-7-13(20-12)10-18-15(19)11-5-8-14(16-4-2)17-9-11/h5-9H,3-4,10H2,1-2H3,(H,16,17)(H,18,19). The molecule has 106 valence electrons. The number of anilines is 1. The molecule has 0 aromatic carbocycles. The monoisotopic (exact) mass is 289 g/mol. The number of hydrogen-bond donors (Lipinski definition) is 2. The molecule has 5 heteroatoms. The van der Waals surface area contributed by atoms with E-state index < -0.39 is 0 Å². The molecule has 0 aliphatic carbocycles. The minimum Gasteiger partial charge on any atom is -0.370 e. The molecule has 2 aromatic rings. The number of thiophene rings is 1. The van der Waals surface area contributed by atoms with Crippen LogP contribution in [-0.2, 0) is 13.0 Å². The lowest BCUT2D eigenvalue weighted by molar-refractivity contribution is 0.0951. The van der Waals surface area contributed by atoms with E-state index in [1.807, 2.05) is 13.0 Å². The van der Waals surface area contributed by atoms with E-state index in [2.05, 4.69) is 34.7 Å². The molecule has 0 saturated carbocycles. The molecule has 4 nitrogen and oxygen atoms in total. The van der Waals surface area contributed by atoms with Crippen molar-refractivity contribution in [3.63, 3.8) is 0 Å². The quantitative estimate of drug-likeness (QED) is 0.859. The maximum absolute atomic E-state index is 12.0. The fourth-order valence-electron chi connectivity index (χ4n) is 1.79. The van der Waals surface area contributed by atoms with Crippen LogP contribution in [0.2, 0.25) is 0 Å². The number of amides is 1. The van der Waals surface area contributed by atoms with Crippen LogP contribution in [0.15, 0.2) is 30.5 Å². The zero-order valence-electron chi connectivity index (χ0n) is 11.8. The summed E-state index contributed by atoms with van der Waals surface area (Å²) in [7, 11) is 0. The molecule has 0 fully saturated rings. The fraction of sp³-hybridized carbons (Fsp3) is 0.333. The largest absolute Gasteiger partial charge is 0.370 e. The van der Waals surface area contributed by atoms with Crippen molar-refractivity contribution in [2.24, 2.45) is 0 Å². The first-order valence-electron chi connectivity index (χ1n) is 6.78. The Balaban J connectivity index is 1.90. The number of aryl methyl sites for hydroxylation is 1. The lowest BCUT2D eigenvalue weighted by Crippen LogP contribution is -2.22. The van der Waals surface area contributed by atoms with E-state index in [1.54, 1.807) is 23.6 Å². The molecule has 20 heavy (non-hydrogen) atoms. The van der Waals surface area contributed by atoms with Gasteiger partial charge in [-0.2, -0.15) is 0 Å². The molecule has 2 heterocycles. The molecular formula is C15H19N3OS. The van der Waals surface area contributed by atoms with Gasteiger partial charge in [0, 0.05) is 22.5 Å². The van der Waals surface area contributed by atoms with Crippen molar-refractivity contribution in [3.8, 4) is 0 Å². The van der Waals surface area contributed by atoms with Gasteiger partial charge in [0.05, 0.1) is 12.1 Å². The first-order valence-corrected chi connectivity index (χ1v) is 7.60. The van der Waals surface area contributed by atoms with E-state index in [4.69, 9.17) is 0 Å². The Morgan fingerprint density at radius 1 is 1.20 bits per heavy atom. The van der Waals surface area contributed by atoms with Crippen LogP contribution in [0.5, 0.6) is 0 Å². The zero-order valence-corrected chi connectivity index (χ0v) is 12.6. The highest BCUT2D eigenvalue weighted by atomic mass is 32.1. The van der Waals surface area contributed by atoms with Crippen LogP contribution >= 0.6 is 11.3 Å². The molecule has 0 atom stereocenters. The maximum Gasteiger partial charge on any atom is 0.253 e. The summed E-state index contributed by atoms with van der Waals surface area (Å²) in [6.45, 7) is 5.52. The van der Waals surface area contributed by atoms with E-state index in [0.29, 0.717) is 12.1 Å². The molecule has 0 spiro atoms. The Morgan fingerprint density at radius 3 is 2.60 bits per heavy atom. The van der Waals surface area contributed by atoms with E-state index in [0.717, 1.165) is 18.8 Å². The number of carbonyl (C=O) groups excluding carboxylic acids is 1. The molecule has 0 aliphatic rings. The van der Waals surface area contributed by atoms with E-state index in [9.17, 15) is 4.79 Å². The van der Waals surface area contributed by atoms with Gasteiger partial charge in [-0.05, 0) is 37.6 Å². The Morgan fingerprint density at radius 2 is 2.00 bits per heavy atom. The second-order valence-electron chi connectivity index (χ2n) is 4.37. The van der Waals surface area contributed by atoms with Crippen molar-refractivity contribution in [2.45, 2.75) is 26.8 Å². The Labute approximate surface area is 123 Å². The van der Waals surface area contributed by atoms with Crippen molar-refractivity contribution in [3.05, 3.63) is 45.8 Å². The van der Waals surface area contributed by atoms with Gasteiger partial charge in [-0.15, -0.1) is 11.3 Å². The topological polar surface area (TPSA) is 54.0 Å². The molecular weight excluding hydrogens is 270 g/mol. The van der Waals surface area contributed by atoms with Crippen LogP contribution in [0.3, 0.4) is 0 Å². The first-order chi connectivity index (χ1) is 9.72. The predicted octanol–water partition coefficient (Wildman–Crippen LogP) is 3.07. The number of pyridine rings is 1. The van der Waals surface area contributed by atoms with Crippen LogP contribution in [-0.4, -0.2) is 17.4 Å². The van der Waals surface area contributed by atoms with Crippen LogP contribution in [0, 0.1) is 0 Å². The summed E-state index contributed by atoms with van der Waals surface area (Å²) in [6, 6.07) is 7.78. The lowest BCUT2D eigenvalue weighted by Gasteiger charge is -2.05. The summed E-state index contributed by atoms with van der Waals surface area (Å²) in [5.74, 6) is 0.696. The predicted molar refractivity (Wildman–Crippen MR) is 83.3 cm³/mol. The van der Waals surface area contributed by atoms with Crippen molar-refractivity contribution in [2.75, 3.05) is 11.9 Å². The number of rotatable bonds is 6. The Bertz CT molecular complexity index is 563. The van der Waals surface area contributed by atoms with Gasteiger partial charge in [0.2, 0.25) is 0 Å². The third-order valence-corrected chi connectivity index (χ3v) is 4.10. The van der Waals surface area contributed by atoms with Gasteiger partial charge in [-0.25, -0.2) is 4.98 Å². The van der Waals surface area contributed by atoms with E-state index in [1.165, 1.54) is 9.75 Å². The summed E-state index contributed by atoms with van der Waals surface area (Å²) in [6.07, 6.45) is 2.63. The lowest BCUT2D eigenvalue weighted by atomic mass is 10.2. The van der Waals surface area contributed by atoms with Crippen LogP contribution < -0.4 is 10.6 Å². The number of nitrogens with one attached hydrogen (secondary N) is 2. The maximum atomic E-state index is 12.0. The minimum absolute atomic E-state index is 0.0907. The van der Waals surface area contributed by atoms with E-state index >= 15 is 0 Å². The summed E-state index contributed by atoms with van der Waals surface area (Å²) in [5, 5.41) is 6.01. The molecule has 0 unspecified atom stereocenters.